The summed E-state index contributed by atoms with van der Waals surface area (Å²) >= 11 is 0. The third-order valence-corrected chi connectivity index (χ3v) is 5.55. The Hall–Kier alpha value is -2.38. The van der Waals surface area contributed by atoms with Crippen LogP contribution in [0, 0.1) is 18.8 Å². The zero-order chi connectivity index (χ0) is 17.7. The number of carbonyl (C=O) groups is 3. The maximum Gasteiger partial charge on any atom is 0.231 e. The predicted molar refractivity (Wildman–Crippen MR) is 89.5 cm³/mol. The first-order valence-corrected chi connectivity index (χ1v) is 8.81. The highest BCUT2D eigenvalue weighted by atomic mass is 16.2. The van der Waals surface area contributed by atoms with Crippen LogP contribution in [0.1, 0.15) is 25.0 Å². The van der Waals surface area contributed by atoms with E-state index in [4.69, 9.17) is 0 Å². The molecule has 1 aliphatic carbocycles. The highest BCUT2D eigenvalue weighted by molar-refractivity contribution is 5.96. The molecule has 3 heterocycles. The van der Waals surface area contributed by atoms with Crippen molar-refractivity contribution < 1.29 is 14.4 Å². The van der Waals surface area contributed by atoms with Crippen LogP contribution in [-0.2, 0) is 21.4 Å². The molecule has 8 heteroatoms. The molecule has 0 bridgehead atoms. The molecular formula is C17H23N5O3. The van der Waals surface area contributed by atoms with Crippen molar-refractivity contribution >= 4 is 23.4 Å². The van der Waals surface area contributed by atoms with E-state index >= 15 is 0 Å². The zero-order valence-corrected chi connectivity index (χ0v) is 14.6. The number of likely N-dealkylation sites (tertiary alicyclic amines) is 2. The van der Waals surface area contributed by atoms with Gasteiger partial charge in [-0.1, -0.05) is 0 Å². The van der Waals surface area contributed by atoms with Crippen LogP contribution in [0.5, 0.6) is 0 Å². The van der Waals surface area contributed by atoms with Crippen molar-refractivity contribution in [1.29, 1.82) is 0 Å². The molecule has 1 saturated carbocycles. The van der Waals surface area contributed by atoms with Crippen LogP contribution in [0.4, 0.5) is 5.69 Å². The first-order valence-electron chi connectivity index (χ1n) is 8.81. The molecule has 4 rings (SSSR count). The summed E-state index contributed by atoms with van der Waals surface area (Å²) in [7, 11) is 1.82. The molecule has 3 aliphatic rings. The smallest absolute Gasteiger partial charge is 0.231 e. The SMILES string of the molecule is Cc1c(NC(=O)C2CN(C(=O)C3CC(=O)N(C4CC4)C3)C2)cnn1C. The van der Waals surface area contributed by atoms with Gasteiger partial charge in [0.2, 0.25) is 17.7 Å². The van der Waals surface area contributed by atoms with Crippen molar-refractivity contribution in [2.45, 2.75) is 32.2 Å². The van der Waals surface area contributed by atoms with E-state index in [1.807, 2.05) is 18.9 Å². The fourth-order valence-electron chi connectivity index (χ4n) is 3.57. The van der Waals surface area contributed by atoms with Gasteiger partial charge in [0.15, 0.2) is 0 Å². The normalized spacial score (nSPS) is 23.8. The molecule has 0 radical (unpaired) electrons. The first kappa shape index (κ1) is 16.1. The second kappa shape index (κ2) is 5.86. The molecule has 1 atom stereocenters. The van der Waals surface area contributed by atoms with Crippen LogP contribution >= 0.6 is 0 Å². The summed E-state index contributed by atoms with van der Waals surface area (Å²) in [5.74, 6) is -0.402. The molecule has 3 fully saturated rings. The molecule has 1 aromatic rings. The Labute approximate surface area is 146 Å². The van der Waals surface area contributed by atoms with Gasteiger partial charge >= 0.3 is 0 Å². The van der Waals surface area contributed by atoms with Gasteiger partial charge in [-0.15, -0.1) is 0 Å². The van der Waals surface area contributed by atoms with E-state index < -0.39 is 0 Å². The monoisotopic (exact) mass is 345 g/mol. The van der Waals surface area contributed by atoms with Crippen molar-refractivity contribution in [2.75, 3.05) is 25.0 Å². The topological polar surface area (TPSA) is 87.5 Å². The summed E-state index contributed by atoms with van der Waals surface area (Å²) in [5.41, 5.74) is 1.60. The maximum absolute atomic E-state index is 12.5. The molecule has 8 nitrogen and oxygen atoms in total. The number of aryl methyl sites for hydroxylation is 1. The van der Waals surface area contributed by atoms with E-state index in [0.29, 0.717) is 37.8 Å². The molecule has 2 saturated heterocycles. The Balaban J connectivity index is 1.28. The Kier molecular flexibility index (Phi) is 3.77. The average molecular weight is 345 g/mol. The van der Waals surface area contributed by atoms with E-state index in [1.54, 1.807) is 15.8 Å². The van der Waals surface area contributed by atoms with Gasteiger partial charge in [-0.2, -0.15) is 5.10 Å². The summed E-state index contributed by atoms with van der Waals surface area (Å²) in [6.07, 6.45) is 4.07. The van der Waals surface area contributed by atoms with Gasteiger partial charge in [0.05, 0.1) is 29.4 Å². The van der Waals surface area contributed by atoms with Gasteiger partial charge in [0.25, 0.3) is 0 Å². The molecule has 0 aromatic carbocycles. The molecular weight excluding hydrogens is 322 g/mol. The summed E-state index contributed by atoms with van der Waals surface area (Å²) in [4.78, 5) is 40.4. The fourth-order valence-corrected chi connectivity index (χ4v) is 3.57. The lowest BCUT2D eigenvalue weighted by atomic mass is 9.95. The Bertz CT molecular complexity index is 733. The Morgan fingerprint density at radius 3 is 2.52 bits per heavy atom. The van der Waals surface area contributed by atoms with Gasteiger partial charge in [0, 0.05) is 39.1 Å². The molecule has 1 unspecified atom stereocenters. The predicted octanol–water partition coefficient (Wildman–Crippen LogP) is 0.136. The second-order valence-corrected chi connectivity index (χ2v) is 7.37. The molecule has 134 valence electrons. The van der Waals surface area contributed by atoms with Gasteiger partial charge < -0.3 is 15.1 Å². The highest BCUT2D eigenvalue weighted by Crippen LogP contribution is 2.34. The lowest BCUT2D eigenvalue weighted by Crippen LogP contribution is -2.56. The van der Waals surface area contributed by atoms with E-state index in [-0.39, 0.29) is 29.6 Å². The van der Waals surface area contributed by atoms with Gasteiger partial charge in [0.1, 0.15) is 0 Å². The molecule has 2 aliphatic heterocycles. The molecule has 1 N–H and O–H groups in total. The first-order chi connectivity index (χ1) is 11.9. The molecule has 3 amide bonds. The summed E-state index contributed by atoms with van der Waals surface area (Å²) in [6, 6.07) is 0.364. The quantitative estimate of drug-likeness (QED) is 0.841. The Morgan fingerprint density at radius 1 is 1.20 bits per heavy atom. The minimum absolute atomic E-state index is 0.0121. The summed E-state index contributed by atoms with van der Waals surface area (Å²) < 4.78 is 1.70. The average Bonchev–Trinajstić information content (AvgIpc) is 3.23. The number of carbonyl (C=O) groups excluding carboxylic acids is 3. The number of hydrogen-bond acceptors (Lipinski definition) is 4. The number of amides is 3. The van der Waals surface area contributed by atoms with Crippen LogP contribution in [-0.4, -0.2) is 63.0 Å². The van der Waals surface area contributed by atoms with Crippen LogP contribution in [0.3, 0.4) is 0 Å². The lowest BCUT2D eigenvalue weighted by Gasteiger charge is -2.39. The minimum atomic E-state index is -0.238. The van der Waals surface area contributed by atoms with Crippen molar-refractivity contribution in [3.05, 3.63) is 11.9 Å². The number of nitrogens with one attached hydrogen (secondary N) is 1. The molecule has 25 heavy (non-hydrogen) atoms. The largest absolute Gasteiger partial charge is 0.341 e. The van der Waals surface area contributed by atoms with Crippen molar-refractivity contribution in [3.8, 4) is 0 Å². The van der Waals surface area contributed by atoms with E-state index in [2.05, 4.69) is 10.4 Å². The summed E-state index contributed by atoms with van der Waals surface area (Å²) in [5, 5.41) is 6.98. The molecule has 0 spiro atoms. The van der Waals surface area contributed by atoms with E-state index in [1.165, 1.54) is 0 Å². The van der Waals surface area contributed by atoms with Crippen LogP contribution in [0.25, 0.3) is 0 Å². The maximum atomic E-state index is 12.5. The third kappa shape index (κ3) is 2.89. The van der Waals surface area contributed by atoms with E-state index in [0.717, 1.165) is 18.5 Å². The highest BCUT2D eigenvalue weighted by Gasteiger charge is 2.45. The van der Waals surface area contributed by atoms with Gasteiger partial charge in [-0.05, 0) is 19.8 Å². The second-order valence-electron chi connectivity index (χ2n) is 7.37. The van der Waals surface area contributed by atoms with Crippen LogP contribution in [0.2, 0.25) is 0 Å². The number of rotatable bonds is 4. The third-order valence-electron chi connectivity index (χ3n) is 5.55. The fraction of sp³-hybridized carbons (Fsp3) is 0.647. The minimum Gasteiger partial charge on any atom is -0.341 e. The number of nitrogens with zero attached hydrogens (tertiary/aromatic N) is 4. The Morgan fingerprint density at radius 2 is 1.92 bits per heavy atom. The van der Waals surface area contributed by atoms with Crippen LogP contribution in [0.15, 0.2) is 6.20 Å². The zero-order valence-electron chi connectivity index (χ0n) is 14.6. The van der Waals surface area contributed by atoms with Crippen molar-refractivity contribution in [3.63, 3.8) is 0 Å². The van der Waals surface area contributed by atoms with E-state index in [9.17, 15) is 14.4 Å². The number of aromatic nitrogens is 2. The number of anilines is 1. The molecule has 1 aromatic heterocycles. The number of hydrogen-bond donors (Lipinski definition) is 1. The van der Waals surface area contributed by atoms with Crippen LogP contribution < -0.4 is 5.32 Å². The van der Waals surface area contributed by atoms with Gasteiger partial charge in [-0.25, -0.2) is 0 Å². The standard InChI is InChI=1S/C17H23N5O3/c1-10-14(6-18-20(10)2)19-16(24)12-7-21(8-12)17(25)11-5-15(23)22(9-11)13-3-4-13/h6,11-13H,3-5,7-9H2,1-2H3,(H,19,24). The van der Waals surface area contributed by atoms with Crippen molar-refractivity contribution in [2.24, 2.45) is 18.9 Å². The van der Waals surface area contributed by atoms with Gasteiger partial charge in [-0.3, -0.25) is 19.1 Å². The lowest BCUT2D eigenvalue weighted by molar-refractivity contribution is -0.145. The van der Waals surface area contributed by atoms with Crippen molar-refractivity contribution in [1.82, 2.24) is 19.6 Å². The summed E-state index contributed by atoms with van der Waals surface area (Å²) in [6.45, 7) is 3.29.